The number of nitrogens with zero attached hydrogens (tertiary/aromatic N) is 1. The maximum atomic E-state index is 13.1. The zero-order chi connectivity index (χ0) is 24.3. The number of hydrogen-bond acceptors (Lipinski definition) is 6. The van der Waals surface area contributed by atoms with Crippen molar-refractivity contribution in [2.45, 2.75) is 13.8 Å². The topological polar surface area (TPSA) is 122 Å². The summed E-state index contributed by atoms with van der Waals surface area (Å²) >= 11 is 6.68. The summed E-state index contributed by atoms with van der Waals surface area (Å²) in [5, 5.41) is 11.1. The van der Waals surface area contributed by atoms with Gasteiger partial charge in [0.25, 0.3) is 11.8 Å². The molecule has 1 aliphatic heterocycles. The van der Waals surface area contributed by atoms with Crippen molar-refractivity contribution in [1.29, 1.82) is 0 Å². The van der Waals surface area contributed by atoms with E-state index in [9.17, 15) is 19.2 Å². The maximum Gasteiger partial charge on any atom is 0.341 e. The number of carbonyl (C=O) groups excluding carboxylic acids is 3. The molecule has 0 saturated carbocycles. The summed E-state index contributed by atoms with van der Waals surface area (Å²) in [4.78, 5) is 49.8. The Bertz CT molecular complexity index is 1190. The van der Waals surface area contributed by atoms with E-state index >= 15 is 0 Å². The summed E-state index contributed by atoms with van der Waals surface area (Å²) in [5.41, 5.74) is 1.25. The Labute approximate surface area is 205 Å². The Morgan fingerprint density at radius 2 is 1.85 bits per heavy atom. The lowest BCUT2D eigenvalue weighted by molar-refractivity contribution is -0.139. The number of carboxylic acids is 1. The summed E-state index contributed by atoms with van der Waals surface area (Å²) < 4.78 is 12.0. The van der Waals surface area contributed by atoms with Crippen LogP contribution in [0.15, 0.2) is 44.9 Å². The van der Waals surface area contributed by atoms with Crippen LogP contribution in [0.4, 0.5) is 10.5 Å². The SMILES string of the molecule is CCOc1cc(/C=C2\C(=O)NC(=O)N(c3ccc(Br)c(C)c3)C2=O)cc(Br)c1OCC(=O)O. The van der Waals surface area contributed by atoms with Crippen molar-refractivity contribution in [3.63, 3.8) is 0 Å². The predicted octanol–water partition coefficient (Wildman–Crippen LogP) is 4.05. The smallest absolute Gasteiger partial charge is 0.341 e. The number of hydrogen-bond donors (Lipinski definition) is 2. The van der Waals surface area contributed by atoms with Crippen LogP contribution in [0.1, 0.15) is 18.1 Å². The second-order valence-corrected chi connectivity index (χ2v) is 8.55. The molecule has 1 aliphatic rings. The first-order chi connectivity index (χ1) is 15.6. The number of imide groups is 2. The second-order valence-electron chi connectivity index (χ2n) is 6.84. The highest BCUT2D eigenvalue weighted by atomic mass is 79.9. The first-order valence-electron chi connectivity index (χ1n) is 9.61. The third kappa shape index (κ3) is 5.42. The highest BCUT2D eigenvalue weighted by molar-refractivity contribution is 9.10. The van der Waals surface area contributed by atoms with Crippen LogP contribution in [0.3, 0.4) is 0 Å². The molecule has 11 heteroatoms. The van der Waals surface area contributed by atoms with E-state index in [0.717, 1.165) is 14.9 Å². The quantitative estimate of drug-likeness (QED) is 0.373. The minimum Gasteiger partial charge on any atom is -0.490 e. The fraction of sp³-hybridized carbons (Fsp3) is 0.182. The third-order valence-electron chi connectivity index (χ3n) is 4.48. The zero-order valence-corrected chi connectivity index (χ0v) is 20.7. The van der Waals surface area contributed by atoms with E-state index in [1.54, 1.807) is 25.1 Å². The van der Waals surface area contributed by atoms with Gasteiger partial charge in [0.1, 0.15) is 5.57 Å². The van der Waals surface area contributed by atoms with Crippen LogP contribution in [0, 0.1) is 6.92 Å². The van der Waals surface area contributed by atoms with Gasteiger partial charge in [-0.25, -0.2) is 14.5 Å². The summed E-state index contributed by atoms with van der Waals surface area (Å²) in [6.45, 7) is 3.23. The lowest BCUT2D eigenvalue weighted by atomic mass is 10.1. The molecule has 172 valence electrons. The molecule has 4 amide bonds. The van der Waals surface area contributed by atoms with E-state index in [1.807, 2.05) is 6.92 Å². The first kappa shape index (κ1) is 24.5. The lowest BCUT2D eigenvalue weighted by Crippen LogP contribution is -2.54. The molecule has 0 spiro atoms. The van der Waals surface area contributed by atoms with Crippen LogP contribution in [0.5, 0.6) is 11.5 Å². The monoisotopic (exact) mass is 580 g/mol. The van der Waals surface area contributed by atoms with Crippen LogP contribution in [0.2, 0.25) is 0 Å². The number of benzene rings is 2. The number of amides is 4. The molecule has 2 aromatic carbocycles. The van der Waals surface area contributed by atoms with Crippen molar-refractivity contribution in [2.24, 2.45) is 0 Å². The summed E-state index contributed by atoms with van der Waals surface area (Å²) in [5.74, 6) is -2.39. The lowest BCUT2D eigenvalue weighted by Gasteiger charge is -2.26. The first-order valence-corrected chi connectivity index (χ1v) is 11.2. The molecule has 0 aliphatic carbocycles. The highest BCUT2D eigenvalue weighted by Gasteiger charge is 2.37. The van der Waals surface area contributed by atoms with Crippen LogP contribution in [-0.2, 0) is 14.4 Å². The maximum absolute atomic E-state index is 13.1. The molecule has 0 aromatic heterocycles. The largest absolute Gasteiger partial charge is 0.490 e. The van der Waals surface area contributed by atoms with Crippen molar-refractivity contribution in [2.75, 3.05) is 18.1 Å². The number of barbiturate groups is 1. The van der Waals surface area contributed by atoms with Crippen LogP contribution in [-0.4, -0.2) is 42.1 Å². The molecule has 0 radical (unpaired) electrons. The minimum absolute atomic E-state index is 0.169. The van der Waals surface area contributed by atoms with Crippen molar-refractivity contribution >= 4 is 67.4 Å². The Balaban J connectivity index is 2.02. The molecule has 0 unspecified atom stereocenters. The molecule has 1 fully saturated rings. The standard InChI is InChI=1S/C22H18Br2N2O7/c1-3-32-17-9-12(8-16(24)19(17)33-10-18(27)28)7-14-20(29)25-22(31)26(21(14)30)13-4-5-15(23)11(2)6-13/h4-9H,3,10H2,1-2H3,(H,27,28)(H,25,29,31)/b14-7+. The van der Waals surface area contributed by atoms with E-state index in [2.05, 4.69) is 37.2 Å². The Hall–Kier alpha value is -3.18. The van der Waals surface area contributed by atoms with Crippen LogP contribution < -0.4 is 19.7 Å². The van der Waals surface area contributed by atoms with Crippen molar-refractivity contribution in [3.8, 4) is 11.5 Å². The van der Waals surface area contributed by atoms with Gasteiger partial charge in [-0.2, -0.15) is 0 Å². The predicted molar refractivity (Wildman–Crippen MR) is 126 cm³/mol. The molecular weight excluding hydrogens is 564 g/mol. The minimum atomic E-state index is -1.16. The number of rotatable bonds is 7. The van der Waals surface area contributed by atoms with Gasteiger partial charge in [-0.3, -0.25) is 14.9 Å². The van der Waals surface area contributed by atoms with Crippen molar-refractivity contribution in [1.82, 2.24) is 5.32 Å². The molecule has 33 heavy (non-hydrogen) atoms. The fourth-order valence-corrected chi connectivity index (χ4v) is 3.86. The second kappa shape index (κ2) is 10.2. The average molecular weight is 582 g/mol. The number of aliphatic carboxylic acids is 1. The van der Waals surface area contributed by atoms with E-state index in [-0.39, 0.29) is 23.7 Å². The van der Waals surface area contributed by atoms with E-state index in [4.69, 9.17) is 14.6 Å². The molecule has 2 aromatic rings. The average Bonchev–Trinajstić information content (AvgIpc) is 2.73. The molecule has 0 atom stereocenters. The molecule has 3 rings (SSSR count). The van der Waals surface area contributed by atoms with Crippen LogP contribution >= 0.6 is 31.9 Å². The number of aryl methyl sites for hydroxylation is 1. The van der Waals surface area contributed by atoms with Gasteiger partial charge < -0.3 is 14.6 Å². The Morgan fingerprint density at radius 3 is 2.48 bits per heavy atom. The number of ether oxygens (including phenoxy) is 2. The highest BCUT2D eigenvalue weighted by Crippen LogP contribution is 2.38. The van der Waals surface area contributed by atoms with Gasteiger partial charge in [0.2, 0.25) is 0 Å². The number of anilines is 1. The van der Waals surface area contributed by atoms with Crippen molar-refractivity contribution in [3.05, 3.63) is 56.0 Å². The Morgan fingerprint density at radius 1 is 1.12 bits per heavy atom. The van der Waals surface area contributed by atoms with Gasteiger partial charge in [0.05, 0.1) is 16.8 Å². The molecule has 0 bridgehead atoms. The van der Waals surface area contributed by atoms with Gasteiger partial charge in [0.15, 0.2) is 18.1 Å². The number of nitrogens with one attached hydrogen (secondary N) is 1. The van der Waals surface area contributed by atoms with Gasteiger partial charge in [-0.1, -0.05) is 15.9 Å². The van der Waals surface area contributed by atoms with E-state index < -0.39 is 30.4 Å². The summed E-state index contributed by atoms with van der Waals surface area (Å²) in [6.07, 6.45) is 1.32. The third-order valence-corrected chi connectivity index (χ3v) is 5.96. The van der Waals surface area contributed by atoms with E-state index in [1.165, 1.54) is 18.2 Å². The zero-order valence-electron chi connectivity index (χ0n) is 17.5. The normalized spacial score (nSPS) is 15.0. The van der Waals surface area contributed by atoms with Gasteiger partial charge in [0, 0.05) is 4.47 Å². The fourth-order valence-electron chi connectivity index (χ4n) is 3.03. The molecular formula is C22H18Br2N2O7. The number of carboxylic acid groups (broad SMARTS) is 1. The van der Waals surface area contributed by atoms with Gasteiger partial charge >= 0.3 is 12.0 Å². The van der Waals surface area contributed by atoms with Crippen LogP contribution in [0.25, 0.3) is 6.08 Å². The summed E-state index contributed by atoms with van der Waals surface area (Å²) in [6, 6.07) is 7.12. The number of halogens is 2. The molecule has 9 nitrogen and oxygen atoms in total. The van der Waals surface area contributed by atoms with E-state index in [0.29, 0.717) is 15.7 Å². The molecule has 1 saturated heterocycles. The van der Waals surface area contributed by atoms with Gasteiger partial charge in [-0.15, -0.1) is 0 Å². The summed E-state index contributed by atoms with van der Waals surface area (Å²) in [7, 11) is 0. The van der Waals surface area contributed by atoms with Crippen molar-refractivity contribution < 1.29 is 33.8 Å². The number of carbonyl (C=O) groups is 4. The van der Waals surface area contributed by atoms with Gasteiger partial charge in [-0.05, 0) is 77.3 Å². The Kier molecular flexibility index (Phi) is 7.54. The molecule has 1 heterocycles. The molecule has 2 N–H and O–H groups in total. The number of urea groups is 1.